The Bertz CT molecular complexity index is 570. The Morgan fingerprint density at radius 3 is 2.05 bits per heavy atom. The van der Waals surface area contributed by atoms with E-state index in [4.69, 9.17) is 0 Å². The van der Waals surface area contributed by atoms with E-state index in [0.29, 0.717) is 4.24 Å². The highest BCUT2D eigenvalue weighted by Gasteiger charge is 2.31. The van der Waals surface area contributed by atoms with Crippen LogP contribution in [0, 0.1) is 0 Å². The number of hydrogen-bond acceptors (Lipinski definition) is 6. The number of benzene rings is 1. The highest BCUT2D eigenvalue weighted by Crippen LogP contribution is 2.33. The molecular formula is C12H14O4S3. The molecule has 4 nitrogen and oxygen atoms in total. The van der Waals surface area contributed by atoms with E-state index in [9.17, 15) is 13.2 Å². The molecule has 0 atom stereocenters. The number of carbonyl (C=O) groups excluding carboxylic acids is 1. The highest BCUT2D eigenvalue weighted by molar-refractivity contribution is 8.22. The summed E-state index contributed by atoms with van der Waals surface area (Å²) in [5.41, 5.74) is 0. The molecule has 0 aliphatic rings. The van der Waals surface area contributed by atoms with Gasteiger partial charge in [-0.05, 0) is 24.6 Å². The van der Waals surface area contributed by atoms with E-state index in [2.05, 4.69) is 4.74 Å². The van der Waals surface area contributed by atoms with Crippen molar-refractivity contribution in [2.24, 2.45) is 0 Å². The first-order valence-electron chi connectivity index (χ1n) is 5.19. The van der Waals surface area contributed by atoms with Crippen molar-refractivity contribution in [3.05, 3.63) is 39.5 Å². The number of hydrogen-bond donors (Lipinski definition) is 0. The van der Waals surface area contributed by atoms with E-state index in [1.807, 2.05) is 0 Å². The maximum Gasteiger partial charge on any atom is 0.351 e. The summed E-state index contributed by atoms with van der Waals surface area (Å²) in [6.45, 7) is 0. The molecule has 0 bridgehead atoms. The lowest BCUT2D eigenvalue weighted by Crippen LogP contribution is -2.16. The van der Waals surface area contributed by atoms with Crippen molar-refractivity contribution in [1.29, 1.82) is 0 Å². The second kappa shape index (κ2) is 7.02. The van der Waals surface area contributed by atoms with Gasteiger partial charge in [-0.2, -0.15) is 0 Å². The maximum absolute atomic E-state index is 12.5. The van der Waals surface area contributed by atoms with E-state index in [1.165, 1.54) is 42.8 Å². The predicted octanol–water partition coefficient (Wildman–Crippen LogP) is 2.53. The summed E-state index contributed by atoms with van der Waals surface area (Å²) >= 11 is 2.41. The number of sulfone groups is 1. The van der Waals surface area contributed by atoms with Crippen molar-refractivity contribution < 1.29 is 17.9 Å². The van der Waals surface area contributed by atoms with Crippen molar-refractivity contribution in [1.82, 2.24) is 0 Å². The van der Waals surface area contributed by atoms with Crippen LogP contribution in [0.1, 0.15) is 0 Å². The molecule has 0 saturated heterocycles. The van der Waals surface area contributed by atoms with Crippen LogP contribution in [0.3, 0.4) is 0 Å². The predicted molar refractivity (Wildman–Crippen MR) is 79.7 cm³/mol. The summed E-state index contributed by atoms with van der Waals surface area (Å²) < 4.78 is 30.0. The largest absolute Gasteiger partial charge is 0.465 e. The van der Waals surface area contributed by atoms with Crippen molar-refractivity contribution >= 4 is 39.3 Å². The van der Waals surface area contributed by atoms with Crippen LogP contribution in [-0.2, 0) is 19.4 Å². The minimum atomic E-state index is -3.87. The smallest absolute Gasteiger partial charge is 0.351 e. The topological polar surface area (TPSA) is 60.4 Å². The molecule has 1 aromatic rings. The second-order valence-corrected chi connectivity index (χ2v) is 7.11. The molecule has 0 heterocycles. The van der Waals surface area contributed by atoms with Gasteiger partial charge in [0.2, 0.25) is 9.84 Å². The third-order valence-corrected chi connectivity index (χ3v) is 6.46. The summed E-state index contributed by atoms with van der Waals surface area (Å²) in [4.78, 5) is 11.6. The lowest BCUT2D eigenvalue weighted by atomic mass is 10.4. The van der Waals surface area contributed by atoms with Gasteiger partial charge in [0.15, 0.2) is 4.91 Å². The number of methoxy groups -OCH3 is 1. The number of thioether (sulfide) groups is 2. The van der Waals surface area contributed by atoms with Crippen molar-refractivity contribution in [3.63, 3.8) is 0 Å². The molecule has 7 heteroatoms. The fraction of sp³-hybridized carbons (Fsp3) is 0.250. The minimum absolute atomic E-state index is 0.0796. The van der Waals surface area contributed by atoms with Crippen LogP contribution in [0.25, 0.3) is 0 Å². The van der Waals surface area contributed by atoms with Gasteiger partial charge in [-0.15, -0.1) is 23.5 Å². The van der Waals surface area contributed by atoms with Gasteiger partial charge in [0.1, 0.15) is 0 Å². The summed E-state index contributed by atoms with van der Waals surface area (Å²) in [6, 6.07) is 7.84. The molecule has 104 valence electrons. The number of rotatable bonds is 5. The standard InChI is InChI=1S/C12H14O4S3/c1-16-11(13)10(12(17-2)18-3)19(14,15)9-7-5-4-6-8-9/h4-8H,1-3H3. The third-order valence-electron chi connectivity index (χ3n) is 2.25. The van der Waals surface area contributed by atoms with Crippen LogP contribution < -0.4 is 0 Å². The van der Waals surface area contributed by atoms with Gasteiger partial charge in [-0.1, -0.05) is 18.2 Å². The Balaban J connectivity index is 3.51. The van der Waals surface area contributed by atoms with Gasteiger partial charge in [-0.3, -0.25) is 0 Å². The first-order chi connectivity index (χ1) is 8.98. The maximum atomic E-state index is 12.5. The SMILES string of the molecule is COC(=O)C(=C(SC)SC)S(=O)(=O)c1ccccc1. The molecule has 19 heavy (non-hydrogen) atoms. The van der Waals surface area contributed by atoms with E-state index in [-0.39, 0.29) is 9.80 Å². The molecule has 1 aromatic carbocycles. The molecule has 0 radical (unpaired) electrons. The molecule has 0 amide bonds. The highest BCUT2D eigenvalue weighted by atomic mass is 32.2. The Hall–Kier alpha value is -0.920. The molecular weight excluding hydrogens is 304 g/mol. The zero-order valence-electron chi connectivity index (χ0n) is 10.7. The first kappa shape index (κ1) is 16.1. The van der Waals surface area contributed by atoms with Crippen LogP contribution in [0.5, 0.6) is 0 Å². The van der Waals surface area contributed by atoms with Crippen molar-refractivity contribution in [2.45, 2.75) is 4.90 Å². The molecule has 0 saturated carbocycles. The van der Waals surface area contributed by atoms with Crippen LogP contribution in [0.15, 0.2) is 44.4 Å². The van der Waals surface area contributed by atoms with Crippen LogP contribution in [0.2, 0.25) is 0 Å². The zero-order valence-corrected chi connectivity index (χ0v) is 13.2. The Morgan fingerprint density at radius 2 is 1.63 bits per heavy atom. The molecule has 0 N–H and O–H groups in total. The Kier molecular flexibility index (Phi) is 5.96. The number of ether oxygens (including phenoxy) is 1. The van der Waals surface area contributed by atoms with Crippen LogP contribution in [-0.4, -0.2) is 34.0 Å². The van der Waals surface area contributed by atoms with E-state index in [1.54, 1.807) is 30.7 Å². The quantitative estimate of drug-likeness (QED) is 0.614. The Morgan fingerprint density at radius 1 is 1.11 bits per heavy atom. The van der Waals surface area contributed by atoms with Gasteiger partial charge < -0.3 is 4.74 Å². The fourth-order valence-corrected chi connectivity index (χ4v) is 5.02. The monoisotopic (exact) mass is 318 g/mol. The summed E-state index contributed by atoms with van der Waals surface area (Å²) in [6.07, 6.45) is 3.44. The van der Waals surface area contributed by atoms with Gasteiger partial charge in [0.05, 0.1) is 16.2 Å². The average molecular weight is 318 g/mol. The normalized spacial score (nSPS) is 10.9. The lowest BCUT2D eigenvalue weighted by molar-refractivity contribution is -0.135. The summed E-state index contributed by atoms with van der Waals surface area (Å²) in [5, 5.41) is 0. The summed E-state index contributed by atoms with van der Waals surface area (Å²) in [7, 11) is -2.70. The van der Waals surface area contributed by atoms with Crippen molar-refractivity contribution in [3.8, 4) is 0 Å². The number of esters is 1. The number of carbonyl (C=O) groups is 1. The molecule has 1 rings (SSSR count). The van der Waals surface area contributed by atoms with E-state index in [0.717, 1.165) is 0 Å². The lowest BCUT2D eigenvalue weighted by Gasteiger charge is -2.11. The van der Waals surface area contributed by atoms with E-state index >= 15 is 0 Å². The van der Waals surface area contributed by atoms with E-state index < -0.39 is 15.8 Å². The fourth-order valence-electron chi connectivity index (χ4n) is 1.38. The molecule has 0 aromatic heterocycles. The minimum Gasteiger partial charge on any atom is -0.465 e. The second-order valence-electron chi connectivity index (χ2n) is 3.33. The van der Waals surface area contributed by atoms with Crippen LogP contribution in [0.4, 0.5) is 0 Å². The van der Waals surface area contributed by atoms with Crippen LogP contribution >= 0.6 is 23.5 Å². The Labute approximate surface area is 121 Å². The average Bonchev–Trinajstić information content (AvgIpc) is 2.44. The molecule has 0 aliphatic heterocycles. The molecule has 0 unspecified atom stereocenters. The van der Waals surface area contributed by atoms with Crippen molar-refractivity contribution in [2.75, 3.05) is 19.6 Å². The van der Waals surface area contributed by atoms with Gasteiger partial charge in [-0.25, -0.2) is 13.2 Å². The first-order valence-corrected chi connectivity index (χ1v) is 9.13. The zero-order chi connectivity index (χ0) is 14.5. The third kappa shape index (κ3) is 3.55. The van der Waals surface area contributed by atoms with Gasteiger partial charge >= 0.3 is 5.97 Å². The summed E-state index contributed by atoms with van der Waals surface area (Å²) in [5.74, 6) is -0.845. The molecule has 0 spiro atoms. The van der Waals surface area contributed by atoms with Gasteiger partial charge in [0, 0.05) is 0 Å². The molecule has 0 aliphatic carbocycles. The molecule has 0 fully saturated rings. The van der Waals surface area contributed by atoms with Gasteiger partial charge in [0.25, 0.3) is 0 Å².